The number of halogens is 1. The molecule has 1 fully saturated rings. The molecule has 5 rings (SSSR count). The summed E-state index contributed by atoms with van der Waals surface area (Å²) in [5.74, 6) is 0.620. The third-order valence-corrected chi connectivity index (χ3v) is 5.70. The van der Waals surface area contributed by atoms with Crippen molar-refractivity contribution < 1.29 is 0 Å². The molecular weight excluding hydrogens is 378 g/mol. The molecule has 3 heterocycles. The van der Waals surface area contributed by atoms with Crippen LogP contribution in [0.15, 0.2) is 52.4 Å². The molecule has 0 bridgehead atoms. The lowest BCUT2D eigenvalue weighted by molar-refractivity contribution is 0.906. The number of hydrogen-bond acceptors (Lipinski definition) is 4. The lowest BCUT2D eigenvalue weighted by atomic mass is 10.0. The van der Waals surface area contributed by atoms with Gasteiger partial charge >= 0.3 is 5.69 Å². The van der Waals surface area contributed by atoms with Crippen molar-refractivity contribution in [3.63, 3.8) is 0 Å². The highest BCUT2D eigenvalue weighted by molar-refractivity contribution is 6.31. The Kier molecular flexibility index (Phi) is 3.73. The quantitative estimate of drug-likeness (QED) is 0.559. The molecule has 8 heteroatoms. The first-order valence-corrected chi connectivity index (χ1v) is 9.32. The van der Waals surface area contributed by atoms with E-state index in [1.165, 1.54) is 11.8 Å². The molecule has 1 aliphatic carbocycles. The van der Waals surface area contributed by atoms with Crippen LogP contribution in [0.4, 0.5) is 0 Å². The monoisotopic (exact) mass is 393 g/mol. The summed E-state index contributed by atoms with van der Waals surface area (Å²) < 4.78 is 1.67. The van der Waals surface area contributed by atoms with Crippen molar-refractivity contribution in [2.75, 3.05) is 0 Å². The normalized spacial score (nSPS) is 18.5. The van der Waals surface area contributed by atoms with Crippen LogP contribution in [-0.4, -0.2) is 24.6 Å². The maximum Gasteiger partial charge on any atom is 0.325 e. The van der Waals surface area contributed by atoms with Crippen molar-refractivity contribution in [3.8, 4) is 11.3 Å². The van der Waals surface area contributed by atoms with E-state index in [9.17, 15) is 9.59 Å². The summed E-state index contributed by atoms with van der Waals surface area (Å²) >= 11 is 6.30. The van der Waals surface area contributed by atoms with Crippen LogP contribution in [0.3, 0.4) is 0 Å². The zero-order valence-corrected chi connectivity index (χ0v) is 15.7. The molecule has 1 saturated carbocycles. The van der Waals surface area contributed by atoms with Crippen molar-refractivity contribution in [1.29, 1.82) is 0 Å². The number of benzene rings is 1. The molecule has 1 aromatic carbocycles. The third kappa shape index (κ3) is 2.75. The summed E-state index contributed by atoms with van der Waals surface area (Å²) in [6.45, 7) is 1.99. The van der Waals surface area contributed by atoms with Crippen molar-refractivity contribution >= 4 is 17.2 Å². The van der Waals surface area contributed by atoms with E-state index in [0.717, 1.165) is 28.2 Å². The van der Waals surface area contributed by atoms with Gasteiger partial charge in [0.15, 0.2) is 5.65 Å². The van der Waals surface area contributed by atoms with Gasteiger partial charge in [0, 0.05) is 29.2 Å². The van der Waals surface area contributed by atoms with E-state index >= 15 is 0 Å². The standard InChI is InChI=1S/C20H16ClN5O2/c1-10-2-3-11(6-16(10)21)12-7-13(12)14-8-17(25-26-5-4-22-18(14)26)15-9-23-20(28)24-19(15)27/h2-6,8-9,12-13H,7H2,1H3,(H2,23,24,27,28)/t12-,13?/m1/s1. The summed E-state index contributed by atoms with van der Waals surface area (Å²) in [5, 5.41) is 5.25. The molecule has 4 aromatic rings. The first kappa shape index (κ1) is 16.9. The van der Waals surface area contributed by atoms with Crippen LogP contribution in [0.5, 0.6) is 0 Å². The average Bonchev–Trinajstić information content (AvgIpc) is 3.31. The number of fused-ring (bicyclic) bond motifs is 1. The summed E-state index contributed by atoms with van der Waals surface area (Å²) in [6.07, 6.45) is 5.81. The molecule has 0 spiro atoms. The first-order chi connectivity index (χ1) is 13.5. The first-order valence-electron chi connectivity index (χ1n) is 8.94. The van der Waals surface area contributed by atoms with Crippen LogP contribution in [0.1, 0.15) is 34.9 Å². The highest BCUT2D eigenvalue weighted by atomic mass is 35.5. The topological polar surface area (TPSA) is 95.9 Å². The second kappa shape index (κ2) is 6.17. The van der Waals surface area contributed by atoms with Gasteiger partial charge in [-0.25, -0.2) is 14.3 Å². The molecule has 3 aromatic heterocycles. The molecule has 2 atom stereocenters. The number of imidazole rings is 1. The summed E-state index contributed by atoms with van der Waals surface area (Å²) in [7, 11) is 0. The number of aromatic amines is 2. The molecule has 1 aliphatic rings. The van der Waals surface area contributed by atoms with Gasteiger partial charge in [0.05, 0.1) is 11.3 Å². The summed E-state index contributed by atoms with van der Waals surface area (Å²) in [5.41, 5.74) is 3.85. The molecule has 0 radical (unpaired) electrons. The van der Waals surface area contributed by atoms with E-state index in [0.29, 0.717) is 17.2 Å². The molecule has 2 N–H and O–H groups in total. The van der Waals surface area contributed by atoms with E-state index in [-0.39, 0.29) is 5.92 Å². The van der Waals surface area contributed by atoms with Crippen molar-refractivity contribution in [1.82, 2.24) is 24.6 Å². The van der Waals surface area contributed by atoms with Crippen LogP contribution >= 0.6 is 11.6 Å². The van der Waals surface area contributed by atoms with E-state index in [1.807, 2.05) is 25.1 Å². The van der Waals surface area contributed by atoms with Gasteiger partial charge in [-0.1, -0.05) is 23.7 Å². The third-order valence-electron chi connectivity index (χ3n) is 5.30. The van der Waals surface area contributed by atoms with Crippen molar-refractivity contribution in [2.24, 2.45) is 0 Å². The van der Waals surface area contributed by atoms with Crippen LogP contribution in [0.2, 0.25) is 5.02 Å². The Labute approximate surface area is 164 Å². The average molecular weight is 394 g/mol. The van der Waals surface area contributed by atoms with E-state index in [1.54, 1.807) is 16.9 Å². The Bertz CT molecular complexity index is 1340. The zero-order valence-electron chi connectivity index (χ0n) is 14.9. The number of hydrogen-bond donors (Lipinski definition) is 2. The summed E-state index contributed by atoms with van der Waals surface area (Å²) in [4.78, 5) is 32.7. The lowest BCUT2D eigenvalue weighted by Gasteiger charge is -2.08. The minimum atomic E-state index is -0.545. The highest BCUT2D eigenvalue weighted by Gasteiger charge is 2.41. The second-order valence-corrected chi connectivity index (χ2v) is 7.53. The van der Waals surface area contributed by atoms with Gasteiger partial charge in [0.25, 0.3) is 5.56 Å². The largest absolute Gasteiger partial charge is 0.325 e. The number of H-pyrrole nitrogens is 2. The van der Waals surface area contributed by atoms with Crippen LogP contribution in [0.25, 0.3) is 16.9 Å². The van der Waals surface area contributed by atoms with Gasteiger partial charge < -0.3 is 4.98 Å². The van der Waals surface area contributed by atoms with E-state index in [4.69, 9.17) is 11.6 Å². The van der Waals surface area contributed by atoms with E-state index in [2.05, 4.69) is 26.1 Å². The predicted octanol–water partition coefficient (Wildman–Crippen LogP) is 3.01. The molecule has 0 aliphatic heterocycles. The maximum absolute atomic E-state index is 12.2. The Balaban J connectivity index is 1.60. The van der Waals surface area contributed by atoms with Gasteiger partial charge in [0.1, 0.15) is 0 Å². The summed E-state index contributed by atoms with van der Waals surface area (Å²) in [6, 6.07) is 8.07. The van der Waals surface area contributed by atoms with E-state index < -0.39 is 11.2 Å². The molecule has 28 heavy (non-hydrogen) atoms. The van der Waals surface area contributed by atoms with Crippen LogP contribution < -0.4 is 11.2 Å². The minimum Gasteiger partial charge on any atom is -0.313 e. The molecule has 7 nitrogen and oxygen atoms in total. The predicted molar refractivity (Wildman–Crippen MR) is 106 cm³/mol. The molecule has 0 amide bonds. The fraction of sp³-hybridized carbons (Fsp3) is 0.200. The van der Waals surface area contributed by atoms with Gasteiger partial charge in [-0.05, 0) is 48.4 Å². The van der Waals surface area contributed by atoms with Crippen molar-refractivity contribution in [2.45, 2.75) is 25.2 Å². The van der Waals surface area contributed by atoms with Gasteiger partial charge in [-0.2, -0.15) is 5.10 Å². The van der Waals surface area contributed by atoms with Crippen LogP contribution in [0, 0.1) is 6.92 Å². The second-order valence-electron chi connectivity index (χ2n) is 7.12. The zero-order chi connectivity index (χ0) is 19.4. The van der Waals surface area contributed by atoms with Gasteiger partial charge in [0.2, 0.25) is 0 Å². The smallest absolute Gasteiger partial charge is 0.313 e. The molecule has 0 saturated heterocycles. The molecule has 140 valence electrons. The minimum absolute atomic E-state index is 0.271. The molecule has 1 unspecified atom stereocenters. The Morgan fingerprint density at radius 3 is 2.86 bits per heavy atom. The highest BCUT2D eigenvalue weighted by Crippen LogP contribution is 2.56. The number of aryl methyl sites for hydroxylation is 1. The SMILES string of the molecule is Cc1ccc([C@H]2CC2c2cc(-c3c[nH]c(=O)[nH]c3=O)nn3ccnc23)cc1Cl. The van der Waals surface area contributed by atoms with Gasteiger partial charge in [-0.15, -0.1) is 0 Å². The number of nitrogens with one attached hydrogen (secondary N) is 2. The van der Waals surface area contributed by atoms with Crippen molar-refractivity contribution in [3.05, 3.63) is 85.4 Å². The Morgan fingerprint density at radius 1 is 1.21 bits per heavy atom. The Morgan fingerprint density at radius 2 is 2.07 bits per heavy atom. The Hall–Kier alpha value is -3.19. The fourth-order valence-corrected chi connectivity index (χ4v) is 3.88. The molecular formula is C20H16ClN5O2. The maximum atomic E-state index is 12.2. The fourth-order valence-electron chi connectivity index (χ4n) is 3.69. The lowest BCUT2D eigenvalue weighted by Crippen LogP contribution is -2.23. The number of nitrogens with zero attached hydrogens (tertiary/aromatic N) is 3. The van der Waals surface area contributed by atoms with Gasteiger partial charge in [-0.3, -0.25) is 9.78 Å². The van der Waals surface area contributed by atoms with Crippen LogP contribution in [-0.2, 0) is 0 Å². The number of rotatable bonds is 3. The number of aromatic nitrogens is 5.